The van der Waals surface area contributed by atoms with E-state index in [1.165, 1.54) is 16.9 Å². The first kappa shape index (κ1) is 23.1. The normalized spacial score (nSPS) is 17.5. The Morgan fingerprint density at radius 2 is 1.93 bits per heavy atom. The van der Waals surface area contributed by atoms with Crippen molar-refractivity contribution in [3.8, 4) is 0 Å². The minimum Gasteiger partial charge on any atom is -0.477 e. The highest BCUT2D eigenvalue weighted by atomic mass is 35.5. The summed E-state index contributed by atoms with van der Waals surface area (Å²) in [6.07, 6.45) is 8.75. The first-order valence-electron chi connectivity index (χ1n) is 11.0. The summed E-state index contributed by atoms with van der Waals surface area (Å²) in [6.45, 7) is 2.17. The van der Waals surface area contributed by atoms with Crippen LogP contribution in [0.3, 0.4) is 0 Å². The number of rotatable bonds is 11. The predicted octanol–water partition coefficient (Wildman–Crippen LogP) is 7.44. The lowest BCUT2D eigenvalue weighted by molar-refractivity contribution is 0.0702. The highest BCUT2D eigenvalue weighted by molar-refractivity contribution is 7.13. The van der Waals surface area contributed by atoms with E-state index in [1.54, 1.807) is 6.07 Å². The van der Waals surface area contributed by atoms with Crippen molar-refractivity contribution in [2.45, 2.75) is 70.8 Å². The van der Waals surface area contributed by atoms with Gasteiger partial charge in [-0.25, -0.2) is 4.79 Å². The second kappa shape index (κ2) is 11.1. The maximum Gasteiger partial charge on any atom is 0.345 e. The van der Waals surface area contributed by atoms with Crippen LogP contribution in [-0.4, -0.2) is 16.2 Å². The number of aromatic carboxylic acids is 1. The zero-order valence-electron chi connectivity index (χ0n) is 17.6. The van der Waals surface area contributed by atoms with Gasteiger partial charge in [0.2, 0.25) is 0 Å². The van der Waals surface area contributed by atoms with Gasteiger partial charge in [0.25, 0.3) is 0 Å². The van der Waals surface area contributed by atoms with E-state index in [-0.39, 0.29) is 0 Å². The van der Waals surface area contributed by atoms with Crippen molar-refractivity contribution in [1.29, 1.82) is 0 Å². The standard InChI is InChI=1S/C25H31ClO3S/c1-2-3-4-8-22(27)17-9-11-19(12-10-17)24-18(13-15-21(24)26)6-5-7-20-14-16-23(30-20)25(28)29/h9-12,14,16,18,22,27H,2-8,13,15H2,1H3,(H,28,29)/t18?,22-/m0/s1. The summed E-state index contributed by atoms with van der Waals surface area (Å²) in [5.41, 5.74) is 3.39. The molecule has 0 aliphatic heterocycles. The molecule has 0 saturated heterocycles. The van der Waals surface area contributed by atoms with Crippen LogP contribution in [0.2, 0.25) is 0 Å². The van der Waals surface area contributed by atoms with Gasteiger partial charge in [0.15, 0.2) is 0 Å². The van der Waals surface area contributed by atoms with Crippen LogP contribution < -0.4 is 0 Å². The van der Waals surface area contributed by atoms with Crippen molar-refractivity contribution >= 4 is 34.5 Å². The Hall–Kier alpha value is -1.62. The largest absolute Gasteiger partial charge is 0.477 e. The highest BCUT2D eigenvalue weighted by Crippen LogP contribution is 2.43. The number of aryl methyl sites for hydroxylation is 1. The number of carboxylic acid groups (broad SMARTS) is 1. The SMILES string of the molecule is CCCCC[C@H](O)c1ccc(C2=C(Cl)CCC2CCCc2ccc(C(=O)O)s2)cc1. The van der Waals surface area contributed by atoms with Gasteiger partial charge in [-0.2, -0.15) is 0 Å². The Kier molecular flexibility index (Phi) is 8.55. The Bertz CT molecular complexity index is 869. The van der Waals surface area contributed by atoms with Gasteiger partial charge < -0.3 is 10.2 Å². The number of halogens is 1. The Balaban J connectivity index is 1.58. The Labute approximate surface area is 188 Å². The fourth-order valence-corrected chi connectivity index (χ4v) is 5.53. The van der Waals surface area contributed by atoms with E-state index < -0.39 is 12.1 Å². The lowest BCUT2D eigenvalue weighted by atomic mass is 9.89. The summed E-state index contributed by atoms with van der Waals surface area (Å²) in [4.78, 5) is 12.6. The molecule has 1 aromatic carbocycles. The molecule has 1 aliphatic rings. The quantitative estimate of drug-likeness (QED) is 0.352. The molecule has 0 fully saturated rings. The maximum absolute atomic E-state index is 11.0. The topological polar surface area (TPSA) is 57.5 Å². The molecule has 1 heterocycles. The third-order valence-electron chi connectivity index (χ3n) is 5.95. The molecule has 0 spiro atoms. The van der Waals surface area contributed by atoms with Gasteiger partial charge >= 0.3 is 5.97 Å². The van der Waals surface area contributed by atoms with Crippen LogP contribution in [0.4, 0.5) is 0 Å². The molecule has 1 aliphatic carbocycles. The molecule has 162 valence electrons. The second-order valence-corrected chi connectivity index (χ2v) is 9.78. The first-order valence-corrected chi connectivity index (χ1v) is 12.2. The molecule has 2 atom stereocenters. The highest BCUT2D eigenvalue weighted by Gasteiger charge is 2.25. The number of thiophene rings is 1. The fourth-order valence-electron chi connectivity index (χ4n) is 4.27. The molecule has 0 bridgehead atoms. The number of unbranched alkanes of at least 4 members (excludes halogenated alkanes) is 2. The third-order valence-corrected chi connectivity index (χ3v) is 7.47. The predicted molar refractivity (Wildman–Crippen MR) is 125 cm³/mol. The van der Waals surface area contributed by atoms with Crippen LogP contribution in [0.15, 0.2) is 41.4 Å². The number of carbonyl (C=O) groups is 1. The molecule has 5 heteroatoms. The van der Waals surface area contributed by atoms with E-state index >= 15 is 0 Å². The third kappa shape index (κ3) is 5.96. The monoisotopic (exact) mass is 446 g/mol. The van der Waals surface area contributed by atoms with Crippen molar-refractivity contribution in [3.63, 3.8) is 0 Å². The molecule has 2 N–H and O–H groups in total. The van der Waals surface area contributed by atoms with Crippen LogP contribution in [0.1, 0.15) is 90.1 Å². The van der Waals surface area contributed by atoms with Gasteiger partial charge in [-0.3, -0.25) is 0 Å². The van der Waals surface area contributed by atoms with E-state index in [2.05, 4.69) is 19.1 Å². The summed E-state index contributed by atoms with van der Waals surface area (Å²) in [7, 11) is 0. The number of aliphatic hydroxyl groups excluding tert-OH is 1. The van der Waals surface area contributed by atoms with E-state index in [9.17, 15) is 9.90 Å². The number of hydrogen-bond acceptors (Lipinski definition) is 3. The number of aliphatic hydroxyl groups is 1. The zero-order chi connectivity index (χ0) is 21.5. The summed E-state index contributed by atoms with van der Waals surface area (Å²) in [5.74, 6) is -0.408. The van der Waals surface area contributed by atoms with E-state index in [0.29, 0.717) is 10.8 Å². The number of benzene rings is 1. The van der Waals surface area contributed by atoms with Gasteiger partial charge in [-0.05, 0) is 73.3 Å². The van der Waals surface area contributed by atoms with Crippen LogP contribution in [0, 0.1) is 5.92 Å². The number of carboxylic acids is 1. The Morgan fingerprint density at radius 1 is 1.17 bits per heavy atom. The molecule has 0 saturated carbocycles. The van der Waals surface area contributed by atoms with E-state index in [4.69, 9.17) is 16.7 Å². The van der Waals surface area contributed by atoms with E-state index in [0.717, 1.165) is 78.8 Å². The fraction of sp³-hybridized carbons (Fsp3) is 0.480. The molecular formula is C25H31ClO3S. The van der Waals surface area contributed by atoms with Crippen molar-refractivity contribution < 1.29 is 15.0 Å². The lowest BCUT2D eigenvalue weighted by Gasteiger charge is -2.17. The lowest BCUT2D eigenvalue weighted by Crippen LogP contribution is -2.02. The van der Waals surface area contributed by atoms with Crippen molar-refractivity contribution in [1.82, 2.24) is 0 Å². The van der Waals surface area contributed by atoms with Crippen LogP contribution >= 0.6 is 22.9 Å². The summed E-state index contributed by atoms with van der Waals surface area (Å²) in [6, 6.07) is 11.9. The Morgan fingerprint density at radius 3 is 2.60 bits per heavy atom. The number of allylic oxidation sites excluding steroid dienone is 2. The van der Waals surface area contributed by atoms with Crippen molar-refractivity contribution in [2.24, 2.45) is 5.92 Å². The minimum absolute atomic E-state index is 0.393. The zero-order valence-corrected chi connectivity index (χ0v) is 19.1. The van der Waals surface area contributed by atoms with Crippen molar-refractivity contribution in [2.75, 3.05) is 0 Å². The molecule has 30 heavy (non-hydrogen) atoms. The smallest absolute Gasteiger partial charge is 0.345 e. The molecule has 2 aromatic rings. The van der Waals surface area contributed by atoms with Gasteiger partial charge in [0, 0.05) is 9.91 Å². The summed E-state index contributed by atoms with van der Waals surface area (Å²) in [5, 5.41) is 20.4. The average Bonchev–Trinajstić information content (AvgIpc) is 3.35. The molecule has 3 rings (SSSR count). The van der Waals surface area contributed by atoms with Crippen LogP contribution in [-0.2, 0) is 6.42 Å². The molecule has 1 unspecified atom stereocenters. The number of hydrogen-bond donors (Lipinski definition) is 2. The molecule has 1 aromatic heterocycles. The summed E-state index contributed by atoms with van der Waals surface area (Å²) < 4.78 is 0. The molecule has 3 nitrogen and oxygen atoms in total. The minimum atomic E-state index is -0.849. The van der Waals surface area contributed by atoms with Gasteiger partial charge in [0.05, 0.1) is 6.10 Å². The summed E-state index contributed by atoms with van der Waals surface area (Å²) >= 11 is 7.97. The molecule has 0 amide bonds. The van der Waals surface area contributed by atoms with Crippen molar-refractivity contribution in [3.05, 3.63) is 62.3 Å². The van der Waals surface area contributed by atoms with Crippen LogP contribution in [0.5, 0.6) is 0 Å². The van der Waals surface area contributed by atoms with Gasteiger partial charge in [-0.1, -0.05) is 62.1 Å². The van der Waals surface area contributed by atoms with Crippen LogP contribution in [0.25, 0.3) is 5.57 Å². The van der Waals surface area contributed by atoms with Gasteiger partial charge in [-0.15, -0.1) is 11.3 Å². The maximum atomic E-state index is 11.0. The van der Waals surface area contributed by atoms with E-state index in [1.807, 2.05) is 18.2 Å². The van der Waals surface area contributed by atoms with Gasteiger partial charge in [0.1, 0.15) is 4.88 Å². The molecule has 0 radical (unpaired) electrons. The first-order chi connectivity index (χ1) is 14.5. The average molecular weight is 447 g/mol. The second-order valence-electron chi connectivity index (χ2n) is 8.15. The molecular weight excluding hydrogens is 416 g/mol.